The third-order valence-corrected chi connectivity index (χ3v) is 5.99. The number of thiazole rings is 1. The molecule has 0 spiro atoms. The van der Waals surface area contributed by atoms with Gasteiger partial charge in [-0.3, -0.25) is 10.1 Å². The number of amides is 1. The van der Waals surface area contributed by atoms with Crippen molar-refractivity contribution in [1.29, 1.82) is 0 Å². The van der Waals surface area contributed by atoms with Gasteiger partial charge in [0.05, 0.1) is 21.2 Å². The number of sulfonamides is 1. The zero-order valence-corrected chi connectivity index (χ0v) is 16.6. The molecule has 0 radical (unpaired) electrons. The van der Waals surface area contributed by atoms with Crippen molar-refractivity contribution in [2.45, 2.75) is 24.8 Å². The number of fused-ring (bicyclic) bond motifs is 1. The number of rotatable bonds is 6. The van der Waals surface area contributed by atoms with Gasteiger partial charge in [-0.25, -0.2) is 18.1 Å². The average Bonchev–Trinajstić information content (AvgIpc) is 3.03. The molecular formula is C18H19N3O4S2. The number of nitrogens with one attached hydrogen (secondary N) is 2. The van der Waals surface area contributed by atoms with Crippen molar-refractivity contribution in [2.75, 3.05) is 12.4 Å². The monoisotopic (exact) mass is 405 g/mol. The Labute approximate surface area is 161 Å². The number of aromatic nitrogens is 1. The molecule has 9 heteroatoms. The first-order valence-electron chi connectivity index (χ1n) is 8.21. The van der Waals surface area contributed by atoms with Gasteiger partial charge in [0.2, 0.25) is 10.0 Å². The first-order chi connectivity index (χ1) is 12.8. The largest absolute Gasteiger partial charge is 0.491 e. The van der Waals surface area contributed by atoms with Crippen molar-refractivity contribution in [3.8, 4) is 5.75 Å². The van der Waals surface area contributed by atoms with Gasteiger partial charge in [0.15, 0.2) is 5.13 Å². The zero-order valence-electron chi connectivity index (χ0n) is 15.0. The number of carbonyl (C=O) groups excluding carboxylic acids is 1. The molecule has 1 aromatic heterocycles. The summed E-state index contributed by atoms with van der Waals surface area (Å²) in [5.41, 5.74) is 1.09. The SMILES string of the molecule is CNS(=O)(=O)c1ccc2nc(NC(=O)c3ccc(OC(C)C)cc3)sc2c1. The summed E-state index contributed by atoms with van der Waals surface area (Å²) >= 11 is 1.21. The minimum atomic E-state index is -3.53. The maximum Gasteiger partial charge on any atom is 0.257 e. The summed E-state index contributed by atoms with van der Waals surface area (Å²) in [6.45, 7) is 3.86. The molecule has 0 aliphatic carbocycles. The molecule has 0 fully saturated rings. The molecule has 142 valence electrons. The Morgan fingerprint density at radius 1 is 1.15 bits per heavy atom. The summed E-state index contributed by atoms with van der Waals surface area (Å²) in [6.07, 6.45) is 0.0593. The van der Waals surface area contributed by atoms with Crippen molar-refractivity contribution in [1.82, 2.24) is 9.71 Å². The van der Waals surface area contributed by atoms with E-state index < -0.39 is 10.0 Å². The van der Waals surface area contributed by atoms with Crippen molar-refractivity contribution in [3.63, 3.8) is 0 Å². The quantitative estimate of drug-likeness (QED) is 0.656. The lowest BCUT2D eigenvalue weighted by Gasteiger charge is -2.09. The molecule has 3 aromatic rings. The van der Waals surface area contributed by atoms with E-state index in [4.69, 9.17) is 4.74 Å². The Hall–Kier alpha value is -2.49. The molecule has 1 amide bonds. The van der Waals surface area contributed by atoms with Gasteiger partial charge in [-0.1, -0.05) is 11.3 Å². The lowest BCUT2D eigenvalue weighted by molar-refractivity contribution is 0.102. The second kappa shape index (κ2) is 7.63. The lowest BCUT2D eigenvalue weighted by Crippen LogP contribution is -2.18. The molecule has 7 nitrogen and oxygen atoms in total. The van der Waals surface area contributed by atoms with Gasteiger partial charge in [-0.2, -0.15) is 0 Å². The highest BCUT2D eigenvalue weighted by atomic mass is 32.2. The topological polar surface area (TPSA) is 97.4 Å². The minimum absolute atomic E-state index is 0.0593. The van der Waals surface area contributed by atoms with Gasteiger partial charge in [-0.05, 0) is 63.4 Å². The van der Waals surface area contributed by atoms with Crippen LogP contribution >= 0.6 is 11.3 Å². The Kier molecular flexibility index (Phi) is 5.45. The van der Waals surface area contributed by atoms with Gasteiger partial charge in [-0.15, -0.1) is 0 Å². The van der Waals surface area contributed by atoms with Crippen molar-refractivity contribution in [3.05, 3.63) is 48.0 Å². The molecule has 0 aliphatic heterocycles. The molecule has 0 unspecified atom stereocenters. The summed E-state index contributed by atoms with van der Waals surface area (Å²) in [5, 5.41) is 3.14. The van der Waals surface area contributed by atoms with E-state index in [1.807, 2.05) is 13.8 Å². The van der Waals surface area contributed by atoms with Gasteiger partial charge < -0.3 is 4.74 Å². The van der Waals surface area contributed by atoms with Gasteiger partial charge in [0, 0.05) is 5.56 Å². The molecular weight excluding hydrogens is 386 g/mol. The molecule has 3 rings (SSSR count). The summed E-state index contributed by atoms with van der Waals surface area (Å²) in [7, 11) is -2.17. The van der Waals surface area contributed by atoms with E-state index in [-0.39, 0.29) is 16.9 Å². The van der Waals surface area contributed by atoms with E-state index in [0.717, 1.165) is 0 Å². The molecule has 0 saturated heterocycles. The fourth-order valence-corrected chi connectivity index (χ4v) is 4.10. The predicted octanol–water partition coefficient (Wildman–Crippen LogP) is 3.24. The normalized spacial score (nSPS) is 11.7. The second-order valence-electron chi connectivity index (χ2n) is 6.00. The van der Waals surface area contributed by atoms with E-state index in [1.165, 1.54) is 30.5 Å². The number of ether oxygens (including phenoxy) is 1. The Balaban J connectivity index is 1.79. The maximum absolute atomic E-state index is 12.4. The van der Waals surface area contributed by atoms with E-state index in [9.17, 15) is 13.2 Å². The number of nitrogens with zero attached hydrogens (tertiary/aromatic N) is 1. The minimum Gasteiger partial charge on any atom is -0.491 e. The van der Waals surface area contributed by atoms with E-state index in [2.05, 4.69) is 15.0 Å². The predicted molar refractivity (Wildman–Crippen MR) is 106 cm³/mol. The van der Waals surface area contributed by atoms with Crippen LogP contribution in [0.1, 0.15) is 24.2 Å². The fourth-order valence-electron chi connectivity index (χ4n) is 2.37. The first kappa shape index (κ1) is 19.3. The van der Waals surface area contributed by atoms with Crippen LogP contribution in [0.15, 0.2) is 47.4 Å². The number of hydrogen-bond donors (Lipinski definition) is 2. The lowest BCUT2D eigenvalue weighted by atomic mass is 10.2. The Morgan fingerprint density at radius 3 is 2.48 bits per heavy atom. The van der Waals surface area contributed by atoms with Crippen LogP contribution in [0.25, 0.3) is 10.2 Å². The first-order valence-corrected chi connectivity index (χ1v) is 10.5. The van der Waals surface area contributed by atoms with Crippen molar-refractivity contribution in [2.24, 2.45) is 0 Å². The molecule has 2 N–H and O–H groups in total. The van der Waals surface area contributed by atoms with Crippen LogP contribution in [0.3, 0.4) is 0 Å². The van der Waals surface area contributed by atoms with Crippen LogP contribution in [0.2, 0.25) is 0 Å². The molecule has 2 aromatic carbocycles. The highest BCUT2D eigenvalue weighted by molar-refractivity contribution is 7.89. The van der Waals surface area contributed by atoms with E-state index in [1.54, 1.807) is 30.3 Å². The van der Waals surface area contributed by atoms with Gasteiger partial charge >= 0.3 is 0 Å². The smallest absolute Gasteiger partial charge is 0.257 e. The summed E-state index contributed by atoms with van der Waals surface area (Å²) in [4.78, 5) is 16.9. The van der Waals surface area contributed by atoms with Crippen LogP contribution in [0.5, 0.6) is 5.75 Å². The van der Waals surface area contributed by atoms with Gasteiger partial charge in [0.25, 0.3) is 5.91 Å². The van der Waals surface area contributed by atoms with Crippen LogP contribution in [-0.2, 0) is 10.0 Å². The number of hydrogen-bond acceptors (Lipinski definition) is 6. The third-order valence-electron chi connectivity index (χ3n) is 3.65. The van der Waals surface area contributed by atoms with Crippen LogP contribution < -0.4 is 14.8 Å². The molecule has 0 bridgehead atoms. The zero-order chi connectivity index (χ0) is 19.6. The standard InChI is InChI=1S/C18H19N3O4S2/c1-11(2)25-13-6-4-12(5-7-13)17(22)21-18-20-15-9-8-14(10-16(15)26-18)27(23,24)19-3/h4-11,19H,1-3H3,(H,20,21,22). The maximum atomic E-state index is 12.4. The summed E-state index contributed by atoms with van der Waals surface area (Å²) < 4.78 is 32.3. The molecule has 27 heavy (non-hydrogen) atoms. The second-order valence-corrected chi connectivity index (χ2v) is 8.92. The Bertz CT molecular complexity index is 1070. The number of benzene rings is 2. The average molecular weight is 406 g/mol. The van der Waals surface area contributed by atoms with Crippen molar-refractivity contribution < 1.29 is 17.9 Å². The summed E-state index contributed by atoms with van der Waals surface area (Å²) in [6, 6.07) is 11.5. The molecule has 1 heterocycles. The van der Waals surface area contributed by atoms with E-state index in [0.29, 0.717) is 26.7 Å². The molecule has 0 atom stereocenters. The number of carbonyl (C=O) groups is 1. The molecule has 0 aliphatic rings. The summed E-state index contributed by atoms with van der Waals surface area (Å²) in [5.74, 6) is 0.396. The van der Waals surface area contributed by atoms with E-state index >= 15 is 0 Å². The van der Waals surface area contributed by atoms with Crippen LogP contribution in [-0.4, -0.2) is 32.5 Å². The van der Waals surface area contributed by atoms with Crippen molar-refractivity contribution >= 4 is 42.6 Å². The highest BCUT2D eigenvalue weighted by Gasteiger charge is 2.15. The van der Waals surface area contributed by atoms with Crippen LogP contribution in [0, 0.1) is 0 Å². The van der Waals surface area contributed by atoms with Crippen LogP contribution in [0.4, 0.5) is 5.13 Å². The highest BCUT2D eigenvalue weighted by Crippen LogP contribution is 2.28. The third kappa shape index (κ3) is 4.44. The fraction of sp³-hybridized carbons (Fsp3) is 0.222. The number of anilines is 1. The molecule has 0 saturated carbocycles. The van der Waals surface area contributed by atoms with Gasteiger partial charge in [0.1, 0.15) is 5.75 Å². The Morgan fingerprint density at radius 2 is 1.85 bits per heavy atom.